The lowest BCUT2D eigenvalue weighted by Gasteiger charge is -2.11. The molecule has 0 fully saturated rings. The molecule has 0 aliphatic heterocycles. The number of nitrogens with zero attached hydrogens (tertiary/aromatic N) is 4. The summed E-state index contributed by atoms with van der Waals surface area (Å²) in [5.41, 5.74) is 3.26. The van der Waals surface area contributed by atoms with E-state index in [1.807, 2.05) is 30.3 Å². The van der Waals surface area contributed by atoms with Gasteiger partial charge in [-0.25, -0.2) is 18.7 Å². The third kappa shape index (κ3) is 3.53. The molecule has 2 aromatic carbocycles. The van der Waals surface area contributed by atoms with Gasteiger partial charge in [-0.15, -0.1) is 0 Å². The third-order valence-corrected chi connectivity index (χ3v) is 5.61. The first kappa shape index (κ1) is 20.8. The summed E-state index contributed by atoms with van der Waals surface area (Å²) in [6.45, 7) is 4.08. The molecule has 1 N–H and O–H groups in total. The SMILES string of the molecule is CC(C)n1c2ccccc2c2c1cc(C(=O)NCc1ccc(F)cc1F)n2-c1ncccn1. The topological polar surface area (TPSA) is 64.7 Å². The van der Waals surface area contributed by atoms with Gasteiger partial charge in [0.25, 0.3) is 5.91 Å². The number of halogens is 2. The lowest BCUT2D eigenvalue weighted by Crippen LogP contribution is -2.26. The maximum atomic E-state index is 14.1. The Labute approximate surface area is 188 Å². The highest BCUT2D eigenvalue weighted by atomic mass is 19.1. The minimum Gasteiger partial charge on any atom is -0.347 e. The van der Waals surface area contributed by atoms with Gasteiger partial charge in [-0.05, 0) is 38.1 Å². The van der Waals surface area contributed by atoms with Crippen LogP contribution in [0.2, 0.25) is 0 Å². The second-order valence-corrected chi connectivity index (χ2v) is 8.05. The van der Waals surface area contributed by atoms with Crippen LogP contribution in [-0.4, -0.2) is 25.0 Å². The molecule has 0 radical (unpaired) electrons. The number of hydrogen-bond acceptors (Lipinski definition) is 3. The second-order valence-electron chi connectivity index (χ2n) is 8.05. The smallest absolute Gasteiger partial charge is 0.268 e. The largest absolute Gasteiger partial charge is 0.347 e. The van der Waals surface area contributed by atoms with Crippen molar-refractivity contribution in [3.63, 3.8) is 0 Å². The molecule has 0 saturated heterocycles. The molecule has 0 saturated carbocycles. The molecule has 0 aliphatic carbocycles. The van der Waals surface area contributed by atoms with Crippen molar-refractivity contribution in [2.45, 2.75) is 26.4 Å². The Morgan fingerprint density at radius 1 is 1.00 bits per heavy atom. The summed E-state index contributed by atoms with van der Waals surface area (Å²) in [6.07, 6.45) is 3.23. The van der Waals surface area contributed by atoms with Crippen molar-refractivity contribution in [2.75, 3.05) is 0 Å². The van der Waals surface area contributed by atoms with E-state index in [-0.39, 0.29) is 18.2 Å². The Hall–Kier alpha value is -4.07. The van der Waals surface area contributed by atoms with Gasteiger partial charge < -0.3 is 9.88 Å². The highest BCUT2D eigenvalue weighted by molar-refractivity contribution is 6.11. The predicted molar refractivity (Wildman–Crippen MR) is 122 cm³/mol. The summed E-state index contributed by atoms with van der Waals surface area (Å²) in [4.78, 5) is 22.0. The minimum atomic E-state index is -0.709. The Kier molecular flexibility index (Phi) is 5.12. The van der Waals surface area contributed by atoms with Gasteiger partial charge in [0.05, 0.1) is 16.6 Å². The normalized spacial score (nSPS) is 11.5. The van der Waals surface area contributed by atoms with Crippen molar-refractivity contribution >= 4 is 27.8 Å². The van der Waals surface area contributed by atoms with Crippen LogP contribution in [0, 0.1) is 11.6 Å². The molecule has 0 aliphatic rings. The van der Waals surface area contributed by atoms with Crippen LogP contribution in [0.3, 0.4) is 0 Å². The Balaban J connectivity index is 1.67. The molecule has 1 amide bonds. The van der Waals surface area contributed by atoms with Crippen molar-refractivity contribution in [3.05, 3.63) is 89.9 Å². The first-order chi connectivity index (χ1) is 16.0. The Morgan fingerprint density at radius 2 is 1.76 bits per heavy atom. The molecular formula is C25H21F2N5O. The summed E-state index contributed by atoms with van der Waals surface area (Å²) >= 11 is 0. The molecule has 5 aromatic rings. The first-order valence-corrected chi connectivity index (χ1v) is 10.6. The zero-order valence-electron chi connectivity index (χ0n) is 18.1. The van der Waals surface area contributed by atoms with E-state index < -0.39 is 17.5 Å². The maximum absolute atomic E-state index is 14.1. The molecule has 0 spiro atoms. The molecule has 0 atom stereocenters. The van der Waals surface area contributed by atoms with Crippen LogP contribution in [0.4, 0.5) is 8.78 Å². The van der Waals surface area contributed by atoms with E-state index in [2.05, 4.69) is 33.7 Å². The fourth-order valence-corrected chi connectivity index (χ4v) is 4.22. The summed E-state index contributed by atoms with van der Waals surface area (Å²) in [7, 11) is 0. The molecule has 3 heterocycles. The number of amides is 1. The van der Waals surface area contributed by atoms with Gasteiger partial charge >= 0.3 is 0 Å². The number of fused-ring (bicyclic) bond motifs is 3. The number of carbonyl (C=O) groups excluding carboxylic acids is 1. The van der Waals surface area contributed by atoms with Crippen LogP contribution in [-0.2, 0) is 6.54 Å². The Bertz CT molecular complexity index is 1490. The van der Waals surface area contributed by atoms with Gasteiger partial charge in [-0.1, -0.05) is 24.3 Å². The van der Waals surface area contributed by atoms with Crippen molar-refractivity contribution in [1.82, 2.24) is 24.4 Å². The molecule has 0 bridgehead atoms. The molecule has 8 heteroatoms. The number of para-hydroxylation sites is 1. The van der Waals surface area contributed by atoms with E-state index in [1.54, 1.807) is 23.0 Å². The molecule has 3 aromatic heterocycles. The third-order valence-electron chi connectivity index (χ3n) is 5.61. The number of hydrogen-bond donors (Lipinski definition) is 1. The van der Waals surface area contributed by atoms with Gasteiger partial charge in [0.2, 0.25) is 5.95 Å². The summed E-state index contributed by atoms with van der Waals surface area (Å²) in [6, 6.07) is 14.9. The lowest BCUT2D eigenvalue weighted by molar-refractivity contribution is 0.0944. The average Bonchev–Trinajstić information content (AvgIpc) is 3.33. The van der Waals surface area contributed by atoms with E-state index in [1.165, 1.54) is 6.07 Å². The van der Waals surface area contributed by atoms with E-state index in [0.717, 1.165) is 34.1 Å². The van der Waals surface area contributed by atoms with E-state index >= 15 is 0 Å². The highest BCUT2D eigenvalue weighted by Crippen LogP contribution is 2.35. The monoisotopic (exact) mass is 445 g/mol. The Morgan fingerprint density at radius 3 is 2.48 bits per heavy atom. The zero-order chi connectivity index (χ0) is 23.1. The van der Waals surface area contributed by atoms with Gasteiger partial charge in [-0.3, -0.25) is 9.36 Å². The summed E-state index contributed by atoms with van der Waals surface area (Å²) in [5.74, 6) is -1.43. The molecule has 6 nitrogen and oxygen atoms in total. The standard InChI is InChI=1S/C25H21F2N5O/c1-15(2)31-20-7-4-3-6-18(20)23-21(31)13-22(32(23)25-28-10-5-11-29-25)24(33)30-14-16-8-9-17(26)12-19(16)27/h3-13,15H,14H2,1-2H3,(H,30,33). The van der Waals surface area contributed by atoms with Crippen molar-refractivity contribution < 1.29 is 13.6 Å². The minimum absolute atomic E-state index is 0.0824. The van der Waals surface area contributed by atoms with Gasteiger partial charge in [0.15, 0.2) is 0 Å². The summed E-state index contributed by atoms with van der Waals surface area (Å²) < 4.78 is 31.2. The van der Waals surface area contributed by atoms with Gasteiger partial charge in [0.1, 0.15) is 17.3 Å². The van der Waals surface area contributed by atoms with Gasteiger partial charge in [-0.2, -0.15) is 0 Å². The maximum Gasteiger partial charge on any atom is 0.268 e. The van der Waals surface area contributed by atoms with Crippen LogP contribution in [0.5, 0.6) is 0 Å². The van der Waals surface area contributed by atoms with Crippen LogP contribution in [0.1, 0.15) is 35.9 Å². The van der Waals surface area contributed by atoms with Crippen molar-refractivity contribution in [1.29, 1.82) is 0 Å². The first-order valence-electron chi connectivity index (χ1n) is 10.6. The van der Waals surface area contributed by atoms with Crippen LogP contribution in [0.15, 0.2) is 67.0 Å². The number of benzene rings is 2. The molecule has 166 valence electrons. The number of aromatic nitrogens is 4. The number of rotatable bonds is 5. The molecule has 33 heavy (non-hydrogen) atoms. The van der Waals surface area contributed by atoms with Gasteiger partial charge in [0, 0.05) is 42.0 Å². The molecular weight excluding hydrogens is 424 g/mol. The summed E-state index contributed by atoms with van der Waals surface area (Å²) in [5, 5.41) is 3.72. The van der Waals surface area contributed by atoms with Crippen LogP contribution < -0.4 is 5.32 Å². The quantitative estimate of drug-likeness (QED) is 0.406. The number of nitrogens with one attached hydrogen (secondary N) is 1. The van der Waals surface area contributed by atoms with Crippen molar-refractivity contribution in [2.24, 2.45) is 0 Å². The molecule has 5 rings (SSSR count). The lowest BCUT2D eigenvalue weighted by atomic mass is 10.2. The van der Waals surface area contributed by atoms with Crippen molar-refractivity contribution in [3.8, 4) is 5.95 Å². The average molecular weight is 445 g/mol. The second kappa shape index (κ2) is 8.12. The predicted octanol–water partition coefficient (Wildman–Crippen LogP) is 5.16. The fraction of sp³-hybridized carbons (Fsp3) is 0.160. The van der Waals surface area contributed by atoms with E-state index in [4.69, 9.17) is 0 Å². The zero-order valence-corrected chi connectivity index (χ0v) is 18.1. The van der Waals surface area contributed by atoms with E-state index in [0.29, 0.717) is 11.6 Å². The van der Waals surface area contributed by atoms with Crippen LogP contribution in [0.25, 0.3) is 27.9 Å². The van der Waals surface area contributed by atoms with Crippen LogP contribution >= 0.6 is 0 Å². The fourth-order valence-electron chi connectivity index (χ4n) is 4.22. The van der Waals surface area contributed by atoms with E-state index in [9.17, 15) is 13.6 Å². The molecule has 0 unspecified atom stereocenters. The number of carbonyl (C=O) groups is 1. The highest BCUT2D eigenvalue weighted by Gasteiger charge is 2.24.